The molecule has 0 aliphatic heterocycles. The van der Waals surface area contributed by atoms with Crippen molar-refractivity contribution < 1.29 is 5.11 Å². The van der Waals surface area contributed by atoms with Crippen molar-refractivity contribution in [2.45, 2.75) is 25.3 Å². The molecule has 1 aliphatic carbocycles. The van der Waals surface area contributed by atoms with Crippen LogP contribution in [0.5, 0.6) is 0 Å². The minimum Gasteiger partial charge on any atom is -0.396 e. The van der Waals surface area contributed by atoms with Gasteiger partial charge in [-0.2, -0.15) is 0 Å². The van der Waals surface area contributed by atoms with Gasteiger partial charge in [0, 0.05) is 12.6 Å². The van der Waals surface area contributed by atoms with Crippen molar-refractivity contribution in [2.75, 3.05) is 13.7 Å². The molecule has 0 unspecified atom stereocenters. The Balaban J connectivity index is 2.32. The number of aliphatic hydroxyl groups excluding tert-OH is 1. The zero-order valence-corrected chi connectivity index (χ0v) is 5.93. The van der Waals surface area contributed by atoms with Crippen molar-refractivity contribution in [3.63, 3.8) is 0 Å². The zero-order chi connectivity index (χ0) is 6.69. The van der Waals surface area contributed by atoms with Crippen LogP contribution in [0.15, 0.2) is 0 Å². The lowest BCUT2D eigenvalue weighted by molar-refractivity contribution is 0.209. The van der Waals surface area contributed by atoms with Gasteiger partial charge in [-0.25, -0.2) is 0 Å². The third kappa shape index (κ3) is 1.43. The molecule has 1 fully saturated rings. The molecule has 0 heterocycles. The normalized spacial score (nSPS) is 35.3. The smallest absolute Gasteiger partial charge is 0.0474 e. The number of rotatable bonds is 2. The molecular weight excluding hydrogens is 114 g/mol. The quantitative estimate of drug-likeness (QED) is 0.564. The largest absolute Gasteiger partial charge is 0.396 e. The Kier molecular flexibility index (Phi) is 2.49. The van der Waals surface area contributed by atoms with Crippen LogP contribution in [0.1, 0.15) is 19.3 Å². The summed E-state index contributed by atoms with van der Waals surface area (Å²) in [6.45, 7) is 0.353. The van der Waals surface area contributed by atoms with Crippen molar-refractivity contribution in [3.05, 3.63) is 0 Å². The summed E-state index contributed by atoms with van der Waals surface area (Å²) in [5.74, 6) is 0.523. The number of hydrogen-bond donors (Lipinski definition) is 2. The van der Waals surface area contributed by atoms with Gasteiger partial charge in [0.1, 0.15) is 0 Å². The summed E-state index contributed by atoms with van der Waals surface area (Å²) in [4.78, 5) is 0. The predicted molar refractivity (Wildman–Crippen MR) is 37.3 cm³/mol. The zero-order valence-electron chi connectivity index (χ0n) is 5.93. The molecule has 1 saturated carbocycles. The average molecular weight is 129 g/mol. The fraction of sp³-hybridized carbons (Fsp3) is 1.00. The van der Waals surface area contributed by atoms with Crippen molar-refractivity contribution in [3.8, 4) is 0 Å². The van der Waals surface area contributed by atoms with Crippen LogP contribution in [0, 0.1) is 5.92 Å². The Morgan fingerprint density at radius 1 is 1.56 bits per heavy atom. The molecule has 2 atom stereocenters. The van der Waals surface area contributed by atoms with Crippen molar-refractivity contribution in [1.82, 2.24) is 5.32 Å². The molecule has 0 aromatic carbocycles. The summed E-state index contributed by atoms with van der Waals surface area (Å²) in [5, 5.41) is 12.0. The summed E-state index contributed by atoms with van der Waals surface area (Å²) in [5.41, 5.74) is 0. The van der Waals surface area contributed by atoms with Crippen LogP contribution in [0.25, 0.3) is 0 Å². The fourth-order valence-corrected chi connectivity index (χ4v) is 1.64. The summed E-state index contributed by atoms with van der Waals surface area (Å²) in [7, 11) is 1.97. The minimum atomic E-state index is 0.353. The van der Waals surface area contributed by atoms with Gasteiger partial charge in [0.15, 0.2) is 0 Å². The van der Waals surface area contributed by atoms with E-state index in [4.69, 9.17) is 5.11 Å². The van der Waals surface area contributed by atoms with E-state index < -0.39 is 0 Å². The average Bonchev–Trinajstić information content (AvgIpc) is 2.33. The number of aliphatic hydroxyl groups is 1. The molecule has 9 heavy (non-hydrogen) atoms. The molecule has 1 aliphatic rings. The Hall–Kier alpha value is -0.0800. The second-order valence-electron chi connectivity index (χ2n) is 2.77. The molecule has 0 bridgehead atoms. The van der Waals surface area contributed by atoms with Gasteiger partial charge in [0.2, 0.25) is 0 Å². The van der Waals surface area contributed by atoms with Gasteiger partial charge in [0.25, 0.3) is 0 Å². The van der Waals surface area contributed by atoms with Gasteiger partial charge >= 0.3 is 0 Å². The monoisotopic (exact) mass is 129 g/mol. The van der Waals surface area contributed by atoms with Crippen LogP contribution in [-0.2, 0) is 0 Å². The maximum Gasteiger partial charge on any atom is 0.0474 e. The van der Waals surface area contributed by atoms with E-state index in [0.717, 1.165) is 0 Å². The Morgan fingerprint density at radius 2 is 2.33 bits per heavy atom. The first-order valence-electron chi connectivity index (χ1n) is 3.66. The third-order valence-electron chi connectivity index (χ3n) is 2.26. The summed E-state index contributed by atoms with van der Waals surface area (Å²) < 4.78 is 0. The SMILES string of the molecule is CN[C@@H]1CCC[C@@H]1CO. The maximum atomic E-state index is 8.83. The van der Waals surface area contributed by atoms with E-state index in [1.807, 2.05) is 7.05 Å². The van der Waals surface area contributed by atoms with E-state index >= 15 is 0 Å². The van der Waals surface area contributed by atoms with Gasteiger partial charge in [0.05, 0.1) is 0 Å². The Morgan fingerprint density at radius 3 is 2.78 bits per heavy atom. The summed E-state index contributed by atoms with van der Waals surface area (Å²) in [6, 6.07) is 0.579. The van der Waals surface area contributed by atoms with Gasteiger partial charge < -0.3 is 10.4 Å². The molecule has 0 saturated heterocycles. The molecule has 0 amide bonds. The molecule has 0 spiro atoms. The molecular formula is C7H15NO. The lowest BCUT2D eigenvalue weighted by Gasteiger charge is -2.15. The van der Waals surface area contributed by atoms with Gasteiger partial charge in [-0.1, -0.05) is 6.42 Å². The third-order valence-corrected chi connectivity index (χ3v) is 2.26. The highest BCUT2D eigenvalue weighted by Crippen LogP contribution is 2.24. The highest BCUT2D eigenvalue weighted by Gasteiger charge is 2.24. The fourth-order valence-electron chi connectivity index (χ4n) is 1.64. The van der Waals surface area contributed by atoms with Crippen LogP contribution in [0.3, 0.4) is 0 Å². The topological polar surface area (TPSA) is 32.3 Å². The van der Waals surface area contributed by atoms with Gasteiger partial charge in [-0.15, -0.1) is 0 Å². The number of nitrogens with one attached hydrogen (secondary N) is 1. The minimum absolute atomic E-state index is 0.353. The van der Waals surface area contributed by atoms with E-state index in [0.29, 0.717) is 18.6 Å². The lowest BCUT2D eigenvalue weighted by atomic mass is 10.1. The Bertz CT molecular complexity index is 75.0. The Labute approximate surface area is 56.3 Å². The van der Waals surface area contributed by atoms with Crippen LogP contribution >= 0.6 is 0 Å². The molecule has 2 N–H and O–H groups in total. The van der Waals surface area contributed by atoms with Crippen molar-refractivity contribution in [2.24, 2.45) is 5.92 Å². The van der Waals surface area contributed by atoms with Crippen molar-refractivity contribution in [1.29, 1.82) is 0 Å². The highest BCUT2D eigenvalue weighted by atomic mass is 16.3. The molecule has 0 radical (unpaired) electrons. The van der Waals surface area contributed by atoms with E-state index in [9.17, 15) is 0 Å². The highest BCUT2D eigenvalue weighted by molar-refractivity contribution is 4.80. The number of hydrogen-bond acceptors (Lipinski definition) is 2. The van der Waals surface area contributed by atoms with Crippen LogP contribution in [0.2, 0.25) is 0 Å². The van der Waals surface area contributed by atoms with Gasteiger partial charge in [-0.05, 0) is 25.8 Å². The standard InChI is InChI=1S/C7H15NO/c1-8-7-4-2-3-6(7)5-9/h6-9H,2-5H2,1H3/t6-,7-/m1/s1. The predicted octanol–water partition coefficient (Wildman–Crippen LogP) is 0.367. The molecule has 1 rings (SSSR count). The molecule has 2 nitrogen and oxygen atoms in total. The second kappa shape index (κ2) is 3.18. The lowest BCUT2D eigenvalue weighted by Crippen LogP contribution is -2.30. The van der Waals surface area contributed by atoms with Gasteiger partial charge in [-0.3, -0.25) is 0 Å². The molecule has 54 valence electrons. The first-order valence-corrected chi connectivity index (χ1v) is 3.66. The van der Waals surface area contributed by atoms with Crippen LogP contribution < -0.4 is 5.32 Å². The molecule has 0 aromatic rings. The summed E-state index contributed by atoms with van der Waals surface area (Å²) in [6.07, 6.45) is 3.71. The molecule has 2 heteroatoms. The first-order chi connectivity index (χ1) is 4.38. The second-order valence-corrected chi connectivity index (χ2v) is 2.77. The molecule has 0 aromatic heterocycles. The van der Waals surface area contributed by atoms with E-state index in [-0.39, 0.29) is 0 Å². The van der Waals surface area contributed by atoms with Crippen LogP contribution in [0.4, 0.5) is 0 Å². The van der Waals surface area contributed by atoms with Crippen LogP contribution in [-0.4, -0.2) is 24.8 Å². The first kappa shape index (κ1) is 7.03. The van der Waals surface area contributed by atoms with Crippen molar-refractivity contribution >= 4 is 0 Å². The van der Waals surface area contributed by atoms with E-state index in [1.165, 1.54) is 19.3 Å². The summed E-state index contributed by atoms with van der Waals surface area (Å²) >= 11 is 0. The van der Waals surface area contributed by atoms with E-state index in [2.05, 4.69) is 5.32 Å². The maximum absolute atomic E-state index is 8.83. The van der Waals surface area contributed by atoms with E-state index in [1.54, 1.807) is 0 Å².